The predicted molar refractivity (Wildman–Crippen MR) is 360 cm³/mol. The number of fused-ring (bicyclic) bond motifs is 13. The van der Waals surface area contributed by atoms with Crippen LogP contribution >= 0.6 is 11.6 Å². The topological polar surface area (TPSA) is 498 Å². The molecule has 6 amide bonds. The largest absolute Gasteiger partial charge is 0.508 e. The maximum atomic E-state index is 16.4. The number of carbonyl (C=O) groups is 7. The number of halogens is 1. The molecule has 105 heavy (non-hydrogen) atoms. The number of carboxylic acid groups (broad SMARTS) is 1. The standard InChI is InChI=1S/C71H75ClN8O25/c1-27-56(85)39(73)24-48(97-27)103-63-58(87)57(86)47(26-81)101-70(63)104-62-45-20-33-21-46(62)100-44-16-12-32(19-38(44)72)61(102-49-25-40(74)59(96-3)28(2)98-49)54-68(92)78-53(69(93)94)37-22-34(82)23-43(84)50(37)36-18-31(11-15-42(36)83)51(65(89)79-54)77-66(90)52(33)76-64(88)41(17-29-7-5-4-6-8-29)75-67(91)55-60(105-71(95)80-55)30-9-13-35(99-45)14-10-30/h4-16,18-23,27-28,39-41,47-49,51-61,63,70,81-87H,17,24-26,73-74H2,1-3H3,(H,75,91)(H,76,88)(H,77,90)(H,78,92)(H,79,89)(H,80,95)(H,93,94)/t27?,28-,39-,40-,41-,47+,48-,49-,51+,52+,53-,54-,55+,56-,57+,58-,59-,60+,61+,63+,70-/m0/s1. The van der Waals surface area contributed by atoms with Crippen LogP contribution in [0, 0.1) is 0 Å². The summed E-state index contributed by atoms with van der Waals surface area (Å²) in [5.74, 6) is -11.7. The zero-order valence-electron chi connectivity index (χ0n) is 56.0. The molecule has 4 fully saturated rings. The monoisotopic (exact) mass is 1470 g/mol. The summed E-state index contributed by atoms with van der Waals surface area (Å²) in [6.07, 6.45) is -20.2. The normalized spacial score (nSPS) is 31.8. The van der Waals surface area contributed by atoms with Crippen molar-refractivity contribution < 1.29 is 122 Å². The summed E-state index contributed by atoms with van der Waals surface area (Å²) in [7, 11) is 1.42. The van der Waals surface area contributed by atoms with E-state index < -0.39 is 228 Å². The first-order valence-electron chi connectivity index (χ1n) is 33.4. The molecule has 0 radical (unpaired) electrons. The minimum Gasteiger partial charge on any atom is -0.508 e. The number of benzene rings is 6. The Bertz CT molecular complexity index is 4310. The van der Waals surface area contributed by atoms with Gasteiger partial charge in [-0.1, -0.05) is 66.2 Å². The van der Waals surface area contributed by atoms with Gasteiger partial charge in [0, 0.05) is 61.2 Å². The van der Waals surface area contributed by atoms with Gasteiger partial charge in [0.05, 0.1) is 36.0 Å². The number of methoxy groups -OCH3 is 1. The van der Waals surface area contributed by atoms with Crippen LogP contribution in [-0.2, 0) is 68.3 Å². The van der Waals surface area contributed by atoms with E-state index in [0.29, 0.717) is 5.56 Å². The number of aliphatic hydroxyl groups excluding tert-OH is 4. The maximum absolute atomic E-state index is 16.4. The fourth-order valence-corrected chi connectivity index (χ4v) is 14.2. The Morgan fingerprint density at radius 3 is 1.96 bits per heavy atom. The Labute approximate surface area is 601 Å². The van der Waals surface area contributed by atoms with Crippen LogP contribution in [0.15, 0.2) is 115 Å². The number of aliphatic hydroxyl groups is 4. The van der Waals surface area contributed by atoms with Gasteiger partial charge in [-0.05, 0) is 96.3 Å². The molecule has 34 heteroatoms. The lowest BCUT2D eigenvalue weighted by Gasteiger charge is -2.44. The summed E-state index contributed by atoms with van der Waals surface area (Å²) < 4.78 is 63.2. The number of nitrogens with one attached hydrogen (secondary N) is 6. The number of alkyl carbamates (subject to hydrolysis) is 1. The third-order valence-electron chi connectivity index (χ3n) is 19.3. The highest BCUT2D eigenvalue weighted by Gasteiger charge is 2.51. The molecular weight excluding hydrogens is 1400 g/mol. The Hall–Kier alpha value is -9.98. The lowest BCUT2D eigenvalue weighted by molar-refractivity contribution is -0.330. The number of rotatable bonds is 11. The molecule has 0 aromatic heterocycles. The van der Waals surface area contributed by atoms with Crippen molar-refractivity contribution in [2.75, 3.05) is 13.7 Å². The first kappa shape index (κ1) is 73.3. The van der Waals surface area contributed by atoms with Crippen molar-refractivity contribution in [3.63, 3.8) is 0 Å². The fraction of sp³-hybridized carbons (Fsp3) is 0.394. The molecule has 9 aliphatic heterocycles. The maximum Gasteiger partial charge on any atom is 0.408 e. The number of phenols is 3. The van der Waals surface area contributed by atoms with Gasteiger partial charge >= 0.3 is 12.1 Å². The Morgan fingerprint density at radius 1 is 0.610 bits per heavy atom. The molecule has 9 aliphatic rings. The van der Waals surface area contributed by atoms with Gasteiger partial charge in [-0.2, -0.15) is 0 Å². The number of carbonyl (C=O) groups excluding carboxylic acids is 6. The number of hydrogen-bond donors (Lipinski definition) is 16. The molecule has 6 aromatic rings. The highest BCUT2D eigenvalue weighted by Crippen LogP contribution is 2.50. The van der Waals surface area contributed by atoms with Gasteiger partial charge < -0.3 is 132 Å². The summed E-state index contributed by atoms with van der Waals surface area (Å²) in [5.41, 5.74) is 11.7. The van der Waals surface area contributed by atoms with Crippen LogP contribution in [0.1, 0.15) is 90.4 Å². The Morgan fingerprint density at radius 2 is 1.27 bits per heavy atom. The van der Waals surface area contributed by atoms with Crippen molar-refractivity contribution in [2.24, 2.45) is 11.5 Å². The second kappa shape index (κ2) is 30.2. The van der Waals surface area contributed by atoms with Crippen molar-refractivity contribution in [3.05, 3.63) is 154 Å². The summed E-state index contributed by atoms with van der Waals surface area (Å²) >= 11 is 7.37. The van der Waals surface area contributed by atoms with Gasteiger partial charge in [-0.15, -0.1) is 0 Å². The number of phenolic OH excluding ortho intramolecular Hbond substituents is 3. The number of ether oxygens (including phenoxy) is 10. The molecule has 18 N–H and O–H groups in total. The fourth-order valence-electron chi connectivity index (χ4n) is 14.0. The van der Waals surface area contributed by atoms with Crippen molar-refractivity contribution >= 4 is 53.2 Å². The van der Waals surface area contributed by atoms with Crippen LogP contribution in [0.25, 0.3) is 11.1 Å². The van der Waals surface area contributed by atoms with Gasteiger partial charge in [-0.3, -0.25) is 24.0 Å². The molecule has 556 valence electrons. The summed E-state index contributed by atoms with van der Waals surface area (Å²) in [6.45, 7) is 2.24. The van der Waals surface area contributed by atoms with Crippen molar-refractivity contribution in [1.82, 2.24) is 31.9 Å². The van der Waals surface area contributed by atoms with Gasteiger partial charge in [-0.25, -0.2) is 9.59 Å². The molecule has 15 rings (SSSR count). The predicted octanol–water partition coefficient (Wildman–Crippen LogP) is 1.93. The second-order valence-electron chi connectivity index (χ2n) is 26.4. The van der Waals surface area contributed by atoms with Gasteiger partial charge in [0.25, 0.3) is 0 Å². The quantitative estimate of drug-likeness (QED) is 0.0881. The Kier molecular flexibility index (Phi) is 21.1. The van der Waals surface area contributed by atoms with E-state index in [-0.39, 0.29) is 58.0 Å². The molecule has 0 spiro atoms. The van der Waals surface area contributed by atoms with Crippen molar-refractivity contribution in [1.29, 1.82) is 0 Å². The number of carboxylic acids is 1. The molecule has 0 aliphatic carbocycles. The molecule has 6 aromatic carbocycles. The number of nitrogens with two attached hydrogens (primary N) is 2. The van der Waals surface area contributed by atoms with Gasteiger partial charge in [0.15, 0.2) is 48.4 Å². The first-order valence-corrected chi connectivity index (χ1v) is 33.8. The van der Waals surface area contributed by atoms with E-state index in [1.54, 1.807) is 37.3 Å². The van der Waals surface area contributed by atoms with Crippen LogP contribution in [0.5, 0.6) is 46.0 Å². The SMILES string of the molecule is CO[C@H]1[C@H](C)O[C@@H](O[C@@H]2c3ccc(c(Cl)c3)Oc3cc4cc(c3O[C@@H]3O[C@H](CO)[C@@H](O)[C@H](O)[C@H]3O[C@H]3C[C@H](N)[C@@H](O)C(C)O3)Oc3ccc(cc3)[C@H]3OC(=O)N[C@H]3C(=O)N[C@@H](Cc3ccccc3)C(=O)N[C@H]4C(=O)N[C@H]3C(=O)N[C@@H]2C(=O)N[C@H](C(=O)O)c2cc(O)cc(O)c2-c2cc3ccc2O)C[C@@H]1N. The van der Waals surface area contributed by atoms with E-state index in [4.69, 9.17) is 70.4 Å². The van der Waals surface area contributed by atoms with Crippen molar-refractivity contribution in [2.45, 2.75) is 161 Å². The number of amides is 6. The van der Waals surface area contributed by atoms with Crippen LogP contribution in [0.3, 0.4) is 0 Å². The molecule has 11 bridgehead atoms. The minimum absolute atomic E-state index is 0.0574. The van der Waals surface area contributed by atoms with E-state index in [0.717, 1.165) is 24.3 Å². The van der Waals surface area contributed by atoms with Gasteiger partial charge in [0.2, 0.25) is 41.6 Å². The number of aliphatic carboxylic acids is 1. The zero-order chi connectivity index (χ0) is 74.6. The summed E-state index contributed by atoms with van der Waals surface area (Å²) in [6, 6.07) is 11.8. The second-order valence-corrected chi connectivity index (χ2v) is 26.8. The summed E-state index contributed by atoms with van der Waals surface area (Å²) in [5, 5.41) is 106. The molecule has 0 saturated carbocycles. The number of aromatic hydroxyl groups is 3. The van der Waals surface area contributed by atoms with Gasteiger partial charge in [0.1, 0.15) is 77.3 Å². The highest BCUT2D eigenvalue weighted by atomic mass is 35.5. The molecule has 9 heterocycles. The lowest BCUT2D eigenvalue weighted by Crippen LogP contribution is -2.62. The average Bonchev–Trinajstić information content (AvgIpc) is 1.28. The Balaban J connectivity index is 1.06. The molecule has 4 saturated heterocycles. The molecule has 1 unspecified atom stereocenters. The van der Waals surface area contributed by atoms with Crippen LogP contribution < -0.4 is 57.6 Å². The van der Waals surface area contributed by atoms with E-state index in [2.05, 4.69) is 31.9 Å². The van der Waals surface area contributed by atoms with Crippen LogP contribution in [0.4, 0.5) is 4.79 Å². The van der Waals surface area contributed by atoms with Crippen LogP contribution in [0.2, 0.25) is 5.02 Å². The molecule has 33 nitrogen and oxygen atoms in total. The highest BCUT2D eigenvalue weighted by molar-refractivity contribution is 6.32. The third-order valence-corrected chi connectivity index (χ3v) is 19.6. The smallest absolute Gasteiger partial charge is 0.408 e. The van der Waals surface area contributed by atoms with Crippen molar-refractivity contribution in [3.8, 4) is 57.1 Å². The molecule has 21 atom stereocenters. The first-order chi connectivity index (χ1) is 50.2. The van der Waals surface area contributed by atoms with E-state index in [1.807, 2.05) is 0 Å². The van der Waals surface area contributed by atoms with Crippen LogP contribution in [-0.4, -0.2) is 194 Å². The van der Waals surface area contributed by atoms with E-state index in [9.17, 15) is 55.2 Å². The molecular formula is C71H75ClN8O25. The zero-order valence-corrected chi connectivity index (χ0v) is 56.7. The third kappa shape index (κ3) is 15.0. The lowest BCUT2D eigenvalue weighted by atomic mass is 9.89. The van der Waals surface area contributed by atoms with E-state index >= 15 is 19.2 Å². The number of hydrogen-bond acceptors (Lipinski definition) is 26. The van der Waals surface area contributed by atoms with E-state index in [1.165, 1.54) is 74.7 Å². The summed E-state index contributed by atoms with van der Waals surface area (Å²) in [4.78, 5) is 105. The average molecular weight is 1480 g/mol. The minimum atomic E-state index is -2.23.